The van der Waals surface area contributed by atoms with Gasteiger partial charge < -0.3 is 29.3 Å². The quantitative estimate of drug-likeness (QED) is 0.331. The largest absolute Gasteiger partial charge is 0.447 e. The van der Waals surface area contributed by atoms with Crippen LogP contribution >= 0.6 is 0 Å². The summed E-state index contributed by atoms with van der Waals surface area (Å²) in [5.41, 5.74) is 1.50. The number of hydrogen-bond donors (Lipinski definition) is 2. The van der Waals surface area contributed by atoms with Gasteiger partial charge in [0.15, 0.2) is 5.60 Å². The van der Waals surface area contributed by atoms with Gasteiger partial charge in [-0.1, -0.05) is 24.3 Å². The van der Waals surface area contributed by atoms with E-state index in [9.17, 15) is 24.6 Å². The van der Waals surface area contributed by atoms with Crippen LogP contribution in [0.2, 0.25) is 0 Å². The lowest BCUT2D eigenvalue weighted by molar-refractivity contribution is -0.146. The number of aliphatic hydroxyl groups is 2. The van der Waals surface area contributed by atoms with Gasteiger partial charge >= 0.3 is 12.2 Å². The molecule has 5 heterocycles. The fourth-order valence-corrected chi connectivity index (χ4v) is 7.82. The fourth-order valence-electron chi connectivity index (χ4n) is 7.82. The molecule has 2 aromatic carbocycles. The predicted molar refractivity (Wildman–Crippen MR) is 172 cm³/mol. The van der Waals surface area contributed by atoms with Gasteiger partial charge in [-0.2, -0.15) is 0 Å². The Labute approximate surface area is 277 Å². The minimum Gasteiger partial charge on any atom is -0.447 e. The van der Waals surface area contributed by atoms with Gasteiger partial charge in [0.05, 0.1) is 42.7 Å². The molecule has 4 atom stereocenters. The maximum atomic E-state index is 14.9. The van der Waals surface area contributed by atoms with E-state index < -0.39 is 35.2 Å². The number of aliphatic hydroxyl groups excluding tert-OH is 1. The number of cyclic esters (lactones) is 2. The summed E-state index contributed by atoms with van der Waals surface area (Å²) in [4.78, 5) is 44.3. The first-order valence-corrected chi connectivity index (χ1v) is 16.4. The van der Waals surface area contributed by atoms with E-state index in [1.54, 1.807) is 39.4 Å². The SMILES string of the molecule is C[C@@H]1[C@@H](C(C)(C)O)[C@H](CCn2cc(CCO)nn2)O[C@@]12C(=O)N(Cc1ccc(N3CCOC3=O)cc1)c1ccc(N3CCOC3=O)cc12. The van der Waals surface area contributed by atoms with E-state index in [4.69, 9.17) is 14.2 Å². The maximum Gasteiger partial charge on any atom is 0.414 e. The highest BCUT2D eigenvalue weighted by Gasteiger charge is 2.65. The Balaban J connectivity index is 1.24. The molecule has 0 radical (unpaired) electrons. The standard InChI is InChI=1S/C34H40N6O8/c1-21-29(33(2,3)45)28(10-12-37-20-23(11-15-41)35-36-37)48-34(21)26-18-25(39-14-17-47-32(39)44)8-9-27(26)40(30(34)42)19-22-4-6-24(7-5-22)38-13-16-46-31(38)43/h4-9,18,20-21,28-29,41,45H,10-17,19H2,1-3H3/t21-,28+,29-,34+/m1/s1. The van der Waals surface area contributed by atoms with Crippen molar-refractivity contribution in [2.45, 2.75) is 64.0 Å². The molecule has 0 saturated carbocycles. The number of nitrogens with zero attached hydrogens (tertiary/aromatic N) is 6. The lowest BCUT2D eigenvalue weighted by atomic mass is 9.70. The zero-order chi connectivity index (χ0) is 33.8. The zero-order valence-corrected chi connectivity index (χ0v) is 27.2. The molecule has 4 aliphatic heterocycles. The van der Waals surface area contributed by atoms with Crippen LogP contribution < -0.4 is 14.7 Å². The van der Waals surface area contributed by atoms with Crippen LogP contribution in [0, 0.1) is 11.8 Å². The number of fused-ring (bicyclic) bond motifs is 2. The first-order chi connectivity index (χ1) is 23.0. The summed E-state index contributed by atoms with van der Waals surface area (Å²) in [7, 11) is 0. The second kappa shape index (κ2) is 12.2. The second-order valence-corrected chi connectivity index (χ2v) is 13.4. The summed E-state index contributed by atoms with van der Waals surface area (Å²) in [5.74, 6) is -1.14. The Morgan fingerprint density at radius 1 is 0.979 bits per heavy atom. The van der Waals surface area contributed by atoms with Crippen molar-refractivity contribution in [1.82, 2.24) is 15.0 Å². The number of benzene rings is 2. The van der Waals surface area contributed by atoms with Crippen molar-refractivity contribution in [3.8, 4) is 0 Å². The Hall–Kier alpha value is -4.53. The van der Waals surface area contributed by atoms with Gasteiger partial charge in [0.1, 0.15) is 13.2 Å². The monoisotopic (exact) mass is 660 g/mol. The van der Waals surface area contributed by atoms with Gasteiger partial charge in [-0.05, 0) is 56.2 Å². The van der Waals surface area contributed by atoms with E-state index in [1.165, 1.54) is 0 Å². The molecule has 14 nitrogen and oxygen atoms in total. The number of carbonyl (C=O) groups excluding carboxylic acids is 3. The third-order valence-corrected chi connectivity index (χ3v) is 9.99. The number of hydrogen-bond acceptors (Lipinski definition) is 10. The van der Waals surface area contributed by atoms with Crippen molar-refractivity contribution in [2.24, 2.45) is 11.8 Å². The number of aryl methyl sites for hydroxylation is 1. The minimum absolute atomic E-state index is 0.0301. The molecule has 1 spiro atoms. The summed E-state index contributed by atoms with van der Waals surface area (Å²) in [6.45, 7) is 7.55. The average molecular weight is 661 g/mol. The van der Waals surface area contributed by atoms with Crippen molar-refractivity contribution in [3.05, 3.63) is 65.5 Å². The molecule has 14 heteroatoms. The predicted octanol–water partition coefficient (Wildman–Crippen LogP) is 2.98. The lowest BCUT2D eigenvalue weighted by Gasteiger charge is -2.34. The molecule has 3 amide bonds. The number of ether oxygens (including phenoxy) is 3. The van der Waals surface area contributed by atoms with Gasteiger partial charge in [0.2, 0.25) is 0 Å². The van der Waals surface area contributed by atoms with Gasteiger partial charge in [-0.3, -0.25) is 19.3 Å². The molecule has 3 aromatic rings. The zero-order valence-electron chi connectivity index (χ0n) is 27.2. The van der Waals surface area contributed by atoms with Crippen LogP contribution in [0.15, 0.2) is 48.7 Å². The van der Waals surface area contributed by atoms with Crippen molar-refractivity contribution >= 4 is 35.2 Å². The van der Waals surface area contributed by atoms with Crippen LogP contribution in [0.4, 0.5) is 26.7 Å². The molecule has 48 heavy (non-hydrogen) atoms. The second-order valence-electron chi connectivity index (χ2n) is 13.4. The molecule has 0 aliphatic carbocycles. The average Bonchev–Trinajstić information content (AvgIpc) is 3.88. The molecule has 0 bridgehead atoms. The van der Waals surface area contributed by atoms with Crippen molar-refractivity contribution in [3.63, 3.8) is 0 Å². The minimum atomic E-state index is -1.44. The van der Waals surface area contributed by atoms with Crippen LogP contribution in [0.3, 0.4) is 0 Å². The first kappa shape index (κ1) is 32.0. The fraction of sp³-hybridized carbons (Fsp3) is 0.500. The van der Waals surface area contributed by atoms with Crippen LogP contribution in [-0.4, -0.2) is 87.9 Å². The van der Waals surface area contributed by atoms with Crippen LogP contribution in [0.25, 0.3) is 0 Å². The van der Waals surface area contributed by atoms with E-state index in [2.05, 4.69) is 10.3 Å². The van der Waals surface area contributed by atoms with E-state index in [0.717, 1.165) is 5.56 Å². The van der Waals surface area contributed by atoms with Crippen molar-refractivity contribution < 1.29 is 38.8 Å². The number of carbonyl (C=O) groups is 3. The summed E-state index contributed by atoms with van der Waals surface area (Å²) in [5, 5.41) is 29.1. The van der Waals surface area contributed by atoms with Crippen LogP contribution in [0.5, 0.6) is 0 Å². The number of amides is 3. The van der Waals surface area contributed by atoms with Gasteiger partial charge in [0.25, 0.3) is 5.91 Å². The van der Waals surface area contributed by atoms with Gasteiger partial charge in [-0.15, -0.1) is 5.10 Å². The molecule has 254 valence electrons. The highest BCUT2D eigenvalue weighted by molar-refractivity contribution is 6.08. The topological polar surface area (TPSA) is 160 Å². The number of aromatic nitrogens is 3. The van der Waals surface area contributed by atoms with Crippen LogP contribution in [0.1, 0.15) is 44.0 Å². The Bertz CT molecular complexity index is 1720. The van der Waals surface area contributed by atoms with Gasteiger partial charge in [-0.25, -0.2) is 9.59 Å². The molecule has 3 fully saturated rings. The highest BCUT2D eigenvalue weighted by Crippen LogP contribution is 2.58. The molecular weight excluding hydrogens is 620 g/mol. The van der Waals surface area contributed by atoms with E-state index in [0.29, 0.717) is 67.4 Å². The number of anilines is 3. The van der Waals surface area contributed by atoms with Gasteiger partial charge in [0, 0.05) is 54.5 Å². The highest BCUT2D eigenvalue weighted by atomic mass is 16.6. The van der Waals surface area contributed by atoms with Crippen molar-refractivity contribution in [1.29, 1.82) is 0 Å². The Kier molecular flexibility index (Phi) is 8.12. The Morgan fingerprint density at radius 2 is 1.65 bits per heavy atom. The molecule has 3 saturated heterocycles. The summed E-state index contributed by atoms with van der Waals surface area (Å²) in [6.07, 6.45) is 1.26. The smallest absolute Gasteiger partial charge is 0.414 e. The van der Waals surface area contributed by atoms with E-state index in [-0.39, 0.29) is 31.8 Å². The third kappa shape index (κ3) is 5.37. The van der Waals surface area contributed by atoms with E-state index >= 15 is 0 Å². The normalized spacial score (nSPS) is 25.4. The lowest BCUT2D eigenvalue weighted by Crippen LogP contribution is -2.46. The maximum absolute atomic E-state index is 14.9. The summed E-state index contributed by atoms with van der Waals surface area (Å²) >= 11 is 0. The molecule has 7 rings (SSSR count). The molecule has 0 unspecified atom stereocenters. The third-order valence-electron chi connectivity index (χ3n) is 9.99. The molecule has 2 N–H and O–H groups in total. The number of rotatable bonds is 10. The van der Waals surface area contributed by atoms with E-state index in [1.807, 2.05) is 49.4 Å². The Morgan fingerprint density at radius 3 is 2.27 bits per heavy atom. The van der Waals surface area contributed by atoms with Crippen molar-refractivity contribution in [2.75, 3.05) is 47.6 Å². The summed E-state index contributed by atoms with van der Waals surface area (Å²) in [6, 6.07) is 13.0. The van der Waals surface area contributed by atoms with Crippen LogP contribution in [-0.2, 0) is 44.1 Å². The first-order valence-electron chi connectivity index (χ1n) is 16.4. The summed E-state index contributed by atoms with van der Waals surface area (Å²) < 4.78 is 18.9. The molecular formula is C34H40N6O8. The molecule has 4 aliphatic rings. The molecule has 1 aromatic heterocycles.